The summed E-state index contributed by atoms with van der Waals surface area (Å²) < 4.78 is 24.7. The first-order valence-electron chi connectivity index (χ1n) is 7.39. The van der Waals surface area contributed by atoms with Crippen LogP contribution in [0.4, 0.5) is 5.69 Å². The minimum Gasteiger partial charge on any atom is -0.353 e. The molecular formula is C15H21N3O4S. The highest BCUT2D eigenvalue weighted by Crippen LogP contribution is 2.16. The van der Waals surface area contributed by atoms with E-state index in [1.807, 2.05) is 0 Å². The van der Waals surface area contributed by atoms with Gasteiger partial charge in [-0.3, -0.25) is 14.3 Å². The third-order valence-electron chi connectivity index (χ3n) is 3.62. The molecule has 2 N–H and O–H groups in total. The second-order valence-electron chi connectivity index (χ2n) is 5.72. The number of piperidine rings is 1. The zero-order valence-electron chi connectivity index (χ0n) is 13.2. The molecule has 0 aliphatic carbocycles. The van der Waals surface area contributed by atoms with Crippen molar-refractivity contribution in [1.82, 2.24) is 10.2 Å². The van der Waals surface area contributed by atoms with Crippen molar-refractivity contribution in [3.63, 3.8) is 0 Å². The minimum absolute atomic E-state index is 0.0521. The highest BCUT2D eigenvalue weighted by Gasteiger charge is 2.23. The molecule has 0 atom stereocenters. The largest absolute Gasteiger partial charge is 0.353 e. The molecular weight excluding hydrogens is 318 g/mol. The maximum Gasteiger partial charge on any atom is 0.253 e. The van der Waals surface area contributed by atoms with Crippen molar-refractivity contribution in [2.45, 2.75) is 25.8 Å². The van der Waals surface area contributed by atoms with Crippen molar-refractivity contribution < 1.29 is 18.0 Å². The Balaban J connectivity index is 1.95. The molecule has 1 fully saturated rings. The topological polar surface area (TPSA) is 95.6 Å². The number of hydrogen-bond acceptors (Lipinski definition) is 4. The molecule has 0 unspecified atom stereocenters. The Morgan fingerprint density at radius 1 is 1.13 bits per heavy atom. The number of nitrogens with one attached hydrogen (secondary N) is 2. The standard InChI is InChI=1S/C15H21N3O4S/c1-11(19)16-13-7-9-18(10-8-13)15(20)12-3-5-14(6-4-12)17-23(2,21)22/h3-6,13,17H,7-10H2,1-2H3,(H,16,19). The zero-order chi connectivity index (χ0) is 17.0. The van der Waals surface area contributed by atoms with Gasteiger partial charge < -0.3 is 10.2 Å². The minimum atomic E-state index is -3.33. The third-order valence-corrected chi connectivity index (χ3v) is 4.23. The monoisotopic (exact) mass is 339 g/mol. The van der Waals surface area contributed by atoms with Gasteiger partial charge in [-0.1, -0.05) is 0 Å². The normalized spacial score (nSPS) is 16.0. The van der Waals surface area contributed by atoms with E-state index in [9.17, 15) is 18.0 Å². The third kappa shape index (κ3) is 5.24. The van der Waals surface area contributed by atoms with Gasteiger partial charge in [0, 0.05) is 37.3 Å². The van der Waals surface area contributed by atoms with Gasteiger partial charge in [-0.05, 0) is 37.1 Å². The van der Waals surface area contributed by atoms with Crippen LogP contribution in [0.5, 0.6) is 0 Å². The first kappa shape index (κ1) is 17.3. The SMILES string of the molecule is CC(=O)NC1CCN(C(=O)c2ccc(NS(C)(=O)=O)cc2)CC1. The van der Waals surface area contributed by atoms with Crippen molar-refractivity contribution in [2.24, 2.45) is 0 Å². The van der Waals surface area contributed by atoms with Gasteiger partial charge in [0.15, 0.2) is 0 Å². The lowest BCUT2D eigenvalue weighted by atomic mass is 10.0. The number of likely N-dealkylation sites (tertiary alicyclic amines) is 1. The number of carbonyl (C=O) groups excluding carboxylic acids is 2. The van der Waals surface area contributed by atoms with E-state index in [1.54, 1.807) is 29.2 Å². The second kappa shape index (κ2) is 6.99. The Kier molecular flexibility index (Phi) is 5.25. The molecule has 2 rings (SSSR count). The van der Waals surface area contributed by atoms with Crippen LogP contribution in [0.2, 0.25) is 0 Å². The average Bonchev–Trinajstić information content (AvgIpc) is 2.46. The molecule has 0 bridgehead atoms. The number of anilines is 1. The summed E-state index contributed by atoms with van der Waals surface area (Å²) in [6.45, 7) is 2.67. The molecule has 126 valence electrons. The van der Waals surface area contributed by atoms with Gasteiger partial charge in [0.05, 0.1) is 6.26 Å². The second-order valence-corrected chi connectivity index (χ2v) is 7.47. The van der Waals surface area contributed by atoms with E-state index >= 15 is 0 Å². The van der Waals surface area contributed by atoms with Crippen LogP contribution < -0.4 is 10.0 Å². The maximum absolute atomic E-state index is 12.4. The Bertz CT molecular complexity index is 677. The van der Waals surface area contributed by atoms with Crippen molar-refractivity contribution in [2.75, 3.05) is 24.1 Å². The van der Waals surface area contributed by atoms with Crippen LogP contribution in [0.1, 0.15) is 30.1 Å². The van der Waals surface area contributed by atoms with Crippen LogP contribution in [0.3, 0.4) is 0 Å². The zero-order valence-corrected chi connectivity index (χ0v) is 14.0. The van der Waals surface area contributed by atoms with E-state index < -0.39 is 10.0 Å². The predicted molar refractivity (Wildman–Crippen MR) is 87.7 cm³/mol. The highest BCUT2D eigenvalue weighted by molar-refractivity contribution is 7.92. The van der Waals surface area contributed by atoms with Crippen LogP contribution >= 0.6 is 0 Å². The number of sulfonamides is 1. The number of amides is 2. The fourth-order valence-corrected chi connectivity index (χ4v) is 3.16. The molecule has 2 amide bonds. The summed E-state index contributed by atoms with van der Waals surface area (Å²) in [5.74, 6) is -0.138. The molecule has 1 aromatic rings. The molecule has 8 heteroatoms. The quantitative estimate of drug-likeness (QED) is 0.848. The number of nitrogens with zero attached hydrogens (tertiary/aromatic N) is 1. The van der Waals surface area contributed by atoms with Crippen molar-refractivity contribution >= 4 is 27.5 Å². The van der Waals surface area contributed by atoms with Crippen molar-refractivity contribution in [3.05, 3.63) is 29.8 Å². The van der Waals surface area contributed by atoms with Gasteiger partial charge in [-0.2, -0.15) is 0 Å². The first-order valence-corrected chi connectivity index (χ1v) is 9.28. The maximum atomic E-state index is 12.4. The summed E-state index contributed by atoms with van der Waals surface area (Å²) in [4.78, 5) is 25.2. The first-order chi connectivity index (χ1) is 10.7. The van der Waals surface area contributed by atoms with E-state index in [-0.39, 0.29) is 17.9 Å². The fraction of sp³-hybridized carbons (Fsp3) is 0.467. The molecule has 0 aromatic heterocycles. The predicted octanol–water partition coefficient (Wildman–Crippen LogP) is 0.799. The Hall–Kier alpha value is -2.09. The van der Waals surface area contributed by atoms with Gasteiger partial charge in [0.1, 0.15) is 0 Å². The lowest BCUT2D eigenvalue weighted by Gasteiger charge is -2.32. The van der Waals surface area contributed by atoms with Crippen molar-refractivity contribution in [1.29, 1.82) is 0 Å². The van der Waals surface area contributed by atoms with E-state index in [2.05, 4.69) is 10.0 Å². The van der Waals surface area contributed by atoms with Crippen LogP contribution in [0.25, 0.3) is 0 Å². The number of hydrogen-bond donors (Lipinski definition) is 2. The number of benzene rings is 1. The molecule has 7 nitrogen and oxygen atoms in total. The number of rotatable bonds is 4. The lowest BCUT2D eigenvalue weighted by Crippen LogP contribution is -2.46. The van der Waals surface area contributed by atoms with Crippen LogP contribution in [0, 0.1) is 0 Å². The molecule has 1 saturated heterocycles. The van der Waals surface area contributed by atoms with Gasteiger partial charge in [0.25, 0.3) is 5.91 Å². The summed E-state index contributed by atoms with van der Waals surface area (Å²) in [7, 11) is -3.33. The number of carbonyl (C=O) groups is 2. The van der Waals surface area contributed by atoms with Gasteiger partial charge in [-0.25, -0.2) is 8.42 Å². The fourth-order valence-electron chi connectivity index (χ4n) is 2.59. The van der Waals surface area contributed by atoms with Gasteiger partial charge in [-0.15, -0.1) is 0 Å². The van der Waals surface area contributed by atoms with Gasteiger partial charge >= 0.3 is 0 Å². The molecule has 23 heavy (non-hydrogen) atoms. The smallest absolute Gasteiger partial charge is 0.253 e. The Morgan fingerprint density at radius 2 is 1.70 bits per heavy atom. The van der Waals surface area contributed by atoms with E-state index in [1.165, 1.54) is 6.92 Å². The average molecular weight is 339 g/mol. The molecule has 1 aliphatic heterocycles. The highest BCUT2D eigenvalue weighted by atomic mass is 32.2. The molecule has 1 heterocycles. The molecule has 0 saturated carbocycles. The van der Waals surface area contributed by atoms with E-state index in [4.69, 9.17) is 0 Å². The Labute approximate surface area is 136 Å². The molecule has 0 radical (unpaired) electrons. The Morgan fingerprint density at radius 3 is 2.17 bits per heavy atom. The molecule has 1 aliphatic rings. The summed E-state index contributed by atoms with van der Waals surface area (Å²) in [6, 6.07) is 6.47. The summed E-state index contributed by atoms with van der Waals surface area (Å²) >= 11 is 0. The summed E-state index contributed by atoms with van der Waals surface area (Å²) in [6.07, 6.45) is 2.55. The summed E-state index contributed by atoms with van der Waals surface area (Å²) in [5, 5.41) is 2.87. The van der Waals surface area contributed by atoms with E-state index in [0.29, 0.717) is 24.3 Å². The van der Waals surface area contributed by atoms with Crippen LogP contribution in [0.15, 0.2) is 24.3 Å². The molecule has 0 spiro atoms. The van der Waals surface area contributed by atoms with Crippen LogP contribution in [-0.2, 0) is 14.8 Å². The van der Waals surface area contributed by atoms with Gasteiger partial charge in [0.2, 0.25) is 15.9 Å². The van der Waals surface area contributed by atoms with Crippen LogP contribution in [-0.4, -0.2) is 50.5 Å². The van der Waals surface area contributed by atoms with E-state index in [0.717, 1.165) is 19.1 Å². The summed E-state index contributed by atoms with van der Waals surface area (Å²) in [5.41, 5.74) is 0.940. The van der Waals surface area contributed by atoms with Crippen molar-refractivity contribution in [3.8, 4) is 0 Å². The molecule has 1 aromatic carbocycles. The lowest BCUT2D eigenvalue weighted by molar-refractivity contribution is -0.119.